The first kappa shape index (κ1) is 98.8. The molecule has 17 nitrogen and oxygen atoms in total. The molecule has 0 aromatic rings. The van der Waals surface area contributed by atoms with Gasteiger partial charge in [-0.15, -0.1) is 0 Å². The van der Waals surface area contributed by atoms with Gasteiger partial charge in [0.05, 0.1) is 26.4 Å². The molecule has 0 radical (unpaired) electrons. The van der Waals surface area contributed by atoms with Crippen LogP contribution < -0.4 is 0 Å². The minimum atomic E-state index is -4.98. The van der Waals surface area contributed by atoms with Crippen molar-refractivity contribution in [2.24, 2.45) is 0 Å². The zero-order valence-corrected chi connectivity index (χ0v) is 67.1. The second-order valence-corrected chi connectivity index (χ2v) is 31.0. The van der Waals surface area contributed by atoms with Crippen LogP contribution in [0, 0.1) is 0 Å². The summed E-state index contributed by atoms with van der Waals surface area (Å²) in [7, 11) is -9.95. The molecule has 0 aliphatic carbocycles. The lowest BCUT2D eigenvalue weighted by atomic mass is 10.0. The summed E-state index contributed by atoms with van der Waals surface area (Å²) in [6.45, 7) is 4.87. The van der Waals surface area contributed by atoms with Crippen molar-refractivity contribution in [1.82, 2.24) is 0 Å². The molecule has 3 N–H and O–H groups in total. The number of aliphatic hydroxyl groups is 1. The van der Waals surface area contributed by atoms with Gasteiger partial charge in [0.25, 0.3) is 0 Å². The summed E-state index contributed by atoms with van der Waals surface area (Å²) < 4.78 is 68.7. The standard InChI is InChI=1S/C83H152O17P2/c1-5-9-13-17-21-25-29-33-37-38-42-44-48-52-56-60-64-68-81(86)94-74-79(100-83(88)70-66-62-58-54-50-46-41-36-32-28-24-20-16-12-8-4)76-98-102(91,92)96-72-77(84)71-95-101(89,90)97-75-78(99-82(87)69-65-61-57-53-49-45-40-35-31-27-23-19-15-11-7-3)73-93-80(85)67-63-59-55-51-47-43-39-34-30-26-22-18-14-10-6-2/h21,25,28,32-33,37,42,44,52,56,77-79,84H,5-20,22-24,26-27,29-31,34-36,38-41,43,45-51,53-55,57-76H2,1-4H3,(H,89,90)(H,91,92)/b25-21-,32-28-,37-33-,44-42-,56-52-/t77-,78+,79+/m0/s1. The van der Waals surface area contributed by atoms with Gasteiger partial charge in [0.15, 0.2) is 12.2 Å². The molecule has 0 spiro atoms. The Morgan fingerprint density at radius 2 is 0.490 bits per heavy atom. The van der Waals surface area contributed by atoms with Gasteiger partial charge in [-0.2, -0.15) is 0 Å². The third-order valence-corrected chi connectivity index (χ3v) is 19.9. The van der Waals surface area contributed by atoms with E-state index in [9.17, 15) is 43.2 Å². The van der Waals surface area contributed by atoms with E-state index in [4.69, 9.17) is 37.0 Å². The lowest BCUT2D eigenvalue weighted by Gasteiger charge is -2.21. The molecule has 0 aromatic carbocycles. The second-order valence-electron chi connectivity index (χ2n) is 28.1. The maximum absolute atomic E-state index is 13.1. The highest BCUT2D eigenvalue weighted by atomic mass is 31.2. The second kappa shape index (κ2) is 76.0. The molecule has 5 atom stereocenters. The Morgan fingerprint density at radius 1 is 0.275 bits per heavy atom. The molecule has 0 aliphatic heterocycles. The fraction of sp³-hybridized carbons (Fsp3) is 0.831. The van der Waals surface area contributed by atoms with E-state index in [1.54, 1.807) is 0 Å². The SMILES string of the molecule is CCCCC/C=C\C/C=C\C/C=C\C/C=C\CCCC(=O)OC[C@H](COP(=O)(O)OC[C@@H](O)COP(=O)(O)OC[C@@H](COC(=O)CCCCCCCCCCCCCCCCC)OC(=O)CCCCCCCCCCCCCCCCC)OC(=O)CCCCCCCCC/C=C\CCCCCC. The van der Waals surface area contributed by atoms with Gasteiger partial charge in [0.2, 0.25) is 0 Å². The molecule has 19 heteroatoms. The van der Waals surface area contributed by atoms with Gasteiger partial charge in [0.1, 0.15) is 19.3 Å². The minimum Gasteiger partial charge on any atom is -0.462 e. The zero-order chi connectivity index (χ0) is 74.6. The normalized spacial score (nSPS) is 14.1. The van der Waals surface area contributed by atoms with Crippen molar-refractivity contribution in [2.45, 2.75) is 406 Å². The third-order valence-electron chi connectivity index (χ3n) is 18.0. The van der Waals surface area contributed by atoms with Crippen molar-refractivity contribution in [2.75, 3.05) is 39.6 Å². The number of allylic oxidation sites excluding steroid dienone is 10. The Kier molecular flexibility index (Phi) is 73.6. The Labute approximate surface area is 622 Å². The fourth-order valence-electron chi connectivity index (χ4n) is 11.6. The first-order chi connectivity index (χ1) is 49.7. The quantitative estimate of drug-likeness (QED) is 0.0169. The smallest absolute Gasteiger partial charge is 0.462 e. The van der Waals surface area contributed by atoms with Crippen LogP contribution in [0.15, 0.2) is 60.8 Å². The van der Waals surface area contributed by atoms with Gasteiger partial charge in [-0.05, 0) is 89.9 Å². The lowest BCUT2D eigenvalue weighted by Crippen LogP contribution is -2.30. The lowest BCUT2D eigenvalue weighted by molar-refractivity contribution is -0.161. The average molecular weight is 1480 g/mol. The molecular weight excluding hydrogens is 1330 g/mol. The molecule has 2 unspecified atom stereocenters. The topological polar surface area (TPSA) is 237 Å². The van der Waals surface area contributed by atoms with Crippen LogP contribution in [0.2, 0.25) is 0 Å². The first-order valence-electron chi connectivity index (χ1n) is 41.5. The minimum absolute atomic E-state index is 0.0823. The van der Waals surface area contributed by atoms with E-state index in [-0.39, 0.29) is 25.7 Å². The summed E-state index contributed by atoms with van der Waals surface area (Å²) in [5.74, 6) is -2.20. The van der Waals surface area contributed by atoms with Gasteiger partial charge in [-0.25, -0.2) is 9.13 Å². The van der Waals surface area contributed by atoms with Gasteiger partial charge in [0, 0.05) is 25.7 Å². The van der Waals surface area contributed by atoms with Crippen molar-refractivity contribution < 1.29 is 80.2 Å². The predicted molar refractivity (Wildman–Crippen MR) is 418 cm³/mol. The summed E-state index contributed by atoms with van der Waals surface area (Å²) in [5, 5.41) is 10.6. The monoisotopic (exact) mass is 1480 g/mol. The average Bonchev–Trinajstić information content (AvgIpc) is 0.923. The zero-order valence-electron chi connectivity index (χ0n) is 65.3. The summed E-state index contributed by atoms with van der Waals surface area (Å²) >= 11 is 0. The molecule has 596 valence electrons. The van der Waals surface area contributed by atoms with Crippen molar-refractivity contribution in [1.29, 1.82) is 0 Å². The number of ether oxygens (including phenoxy) is 4. The van der Waals surface area contributed by atoms with Gasteiger partial charge < -0.3 is 33.8 Å². The molecule has 0 fully saturated rings. The van der Waals surface area contributed by atoms with E-state index >= 15 is 0 Å². The van der Waals surface area contributed by atoms with Crippen LogP contribution in [0.3, 0.4) is 0 Å². The number of aliphatic hydroxyl groups excluding tert-OH is 1. The molecule has 0 bridgehead atoms. The highest BCUT2D eigenvalue weighted by Crippen LogP contribution is 2.45. The molecule has 0 aromatic heterocycles. The maximum Gasteiger partial charge on any atom is 0.472 e. The number of phosphoric ester groups is 2. The number of carbonyl (C=O) groups excluding carboxylic acids is 4. The number of carbonyl (C=O) groups is 4. The molecule has 0 rings (SSSR count). The third kappa shape index (κ3) is 75.0. The van der Waals surface area contributed by atoms with Crippen molar-refractivity contribution in [3.05, 3.63) is 60.8 Å². The van der Waals surface area contributed by atoms with Crippen molar-refractivity contribution in [3.8, 4) is 0 Å². The van der Waals surface area contributed by atoms with E-state index in [1.807, 2.05) is 12.2 Å². The van der Waals surface area contributed by atoms with Crippen molar-refractivity contribution in [3.63, 3.8) is 0 Å². The van der Waals surface area contributed by atoms with E-state index in [2.05, 4.69) is 76.3 Å². The highest BCUT2D eigenvalue weighted by Gasteiger charge is 2.30. The van der Waals surface area contributed by atoms with E-state index in [0.717, 1.165) is 122 Å². The largest absolute Gasteiger partial charge is 0.472 e. The Bertz CT molecular complexity index is 2170. The van der Waals surface area contributed by atoms with E-state index in [0.29, 0.717) is 32.1 Å². The van der Waals surface area contributed by atoms with Crippen LogP contribution in [-0.4, -0.2) is 96.7 Å². The number of esters is 4. The molecule has 0 heterocycles. The van der Waals surface area contributed by atoms with Gasteiger partial charge in [-0.1, -0.05) is 332 Å². The van der Waals surface area contributed by atoms with E-state index < -0.39 is 97.5 Å². The van der Waals surface area contributed by atoms with Crippen molar-refractivity contribution >= 4 is 39.5 Å². The van der Waals surface area contributed by atoms with Crippen LogP contribution >= 0.6 is 15.6 Å². The molecule has 0 saturated carbocycles. The summed E-state index contributed by atoms with van der Waals surface area (Å²) in [4.78, 5) is 73.1. The number of hydrogen-bond donors (Lipinski definition) is 3. The van der Waals surface area contributed by atoms with Crippen LogP contribution in [-0.2, 0) is 65.4 Å². The summed E-state index contributed by atoms with van der Waals surface area (Å²) in [6, 6.07) is 0. The Morgan fingerprint density at radius 3 is 0.814 bits per heavy atom. The van der Waals surface area contributed by atoms with Crippen LogP contribution in [0.5, 0.6) is 0 Å². The maximum atomic E-state index is 13.1. The Hall–Kier alpha value is -3.24. The van der Waals surface area contributed by atoms with Crippen LogP contribution in [0.25, 0.3) is 0 Å². The van der Waals surface area contributed by atoms with E-state index in [1.165, 1.54) is 180 Å². The van der Waals surface area contributed by atoms with Crippen LogP contribution in [0.1, 0.15) is 387 Å². The Balaban J connectivity index is 5.36. The summed E-state index contributed by atoms with van der Waals surface area (Å²) in [5.41, 5.74) is 0. The van der Waals surface area contributed by atoms with Gasteiger partial charge >= 0.3 is 39.5 Å². The highest BCUT2D eigenvalue weighted by molar-refractivity contribution is 7.47. The van der Waals surface area contributed by atoms with Gasteiger partial charge in [-0.3, -0.25) is 37.3 Å². The van der Waals surface area contributed by atoms with Crippen LogP contribution in [0.4, 0.5) is 0 Å². The number of unbranched alkanes of at least 4 members (excludes halogenated alkanes) is 43. The number of rotatable bonds is 79. The number of phosphoric acid groups is 2. The molecule has 102 heavy (non-hydrogen) atoms. The molecule has 0 saturated heterocycles. The number of hydrogen-bond acceptors (Lipinski definition) is 15. The molecular formula is C83H152O17P2. The fourth-order valence-corrected chi connectivity index (χ4v) is 13.2. The molecule has 0 amide bonds. The molecule has 0 aliphatic rings. The summed E-state index contributed by atoms with van der Waals surface area (Å²) in [6.07, 6.45) is 76.2. The predicted octanol–water partition coefficient (Wildman–Crippen LogP) is 24.2. The first-order valence-corrected chi connectivity index (χ1v) is 44.5.